The molecule has 16 heavy (non-hydrogen) atoms. The van der Waals surface area contributed by atoms with E-state index in [9.17, 15) is 12.8 Å². The number of nitrogens with two attached hydrogens (primary N) is 1. The third kappa shape index (κ3) is 3.61. The van der Waals surface area contributed by atoms with E-state index in [2.05, 4.69) is 15.3 Å². The van der Waals surface area contributed by atoms with Crippen LogP contribution in [-0.2, 0) is 9.84 Å². The number of nitrogens with one attached hydrogen (secondary N) is 1. The summed E-state index contributed by atoms with van der Waals surface area (Å²) in [5.74, 6) is -0.834. The second kappa shape index (κ2) is 5.06. The van der Waals surface area contributed by atoms with Gasteiger partial charge in [0.15, 0.2) is 21.5 Å². The SMILES string of the molecule is CCS(=O)(=O)CCNc1nc(N)ncc1F. The number of nitrogens with zero attached hydrogens (tertiary/aromatic N) is 2. The van der Waals surface area contributed by atoms with Crippen molar-refractivity contribution in [3.8, 4) is 0 Å². The Hall–Kier alpha value is -1.44. The summed E-state index contributed by atoms with van der Waals surface area (Å²) in [6, 6.07) is 0. The van der Waals surface area contributed by atoms with E-state index in [1.807, 2.05) is 0 Å². The van der Waals surface area contributed by atoms with Crippen molar-refractivity contribution in [2.45, 2.75) is 6.92 Å². The van der Waals surface area contributed by atoms with E-state index in [0.717, 1.165) is 6.20 Å². The molecule has 0 spiro atoms. The lowest BCUT2D eigenvalue weighted by Gasteiger charge is -2.06. The largest absolute Gasteiger partial charge is 0.368 e. The Morgan fingerprint density at radius 3 is 2.88 bits per heavy atom. The molecule has 90 valence electrons. The van der Waals surface area contributed by atoms with E-state index < -0.39 is 15.7 Å². The number of halogens is 1. The van der Waals surface area contributed by atoms with Crippen molar-refractivity contribution < 1.29 is 12.8 Å². The third-order valence-corrected chi connectivity index (χ3v) is 3.61. The fourth-order valence-electron chi connectivity index (χ4n) is 0.974. The van der Waals surface area contributed by atoms with E-state index >= 15 is 0 Å². The maximum absolute atomic E-state index is 13.1. The molecule has 0 aliphatic carbocycles. The van der Waals surface area contributed by atoms with Gasteiger partial charge in [-0.05, 0) is 0 Å². The van der Waals surface area contributed by atoms with Crippen LogP contribution in [0.25, 0.3) is 0 Å². The first-order valence-electron chi connectivity index (χ1n) is 4.67. The summed E-state index contributed by atoms with van der Waals surface area (Å²) in [4.78, 5) is 7.05. The van der Waals surface area contributed by atoms with Gasteiger partial charge in [-0.3, -0.25) is 0 Å². The molecule has 0 bridgehead atoms. The van der Waals surface area contributed by atoms with Crippen LogP contribution < -0.4 is 11.1 Å². The third-order valence-electron chi connectivity index (χ3n) is 1.91. The monoisotopic (exact) mass is 248 g/mol. The molecule has 0 aromatic carbocycles. The lowest BCUT2D eigenvalue weighted by Crippen LogP contribution is -2.18. The van der Waals surface area contributed by atoms with Gasteiger partial charge in [-0.1, -0.05) is 6.92 Å². The van der Waals surface area contributed by atoms with Crippen LogP contribution in [0, 0.1) is 5.82 Å². The first kappa shape index (κ1) is 12.6. The van der Waals surface area contributed by atoms with Crippen LogP contribution in [0.15, 0.2) is 6.20 Å². The zero-order valence-corrected chi connectivity index (χ0v) is 9.59. The minimum absolute atomic E-state index is 0.0586. The van der Waals surface area contributed by atoms with Gasteiger partial charge in [-0.2, -0.15) is 4.98 Å². The van der Waals surface area contributed by atoms with Crippen molar-refractivity contribution in [2.24, 2.45) is 0 Å². The molecular formula is C8H13FN4O2S. The molecule has 1 aromatic rings. The quantitative estimate of drug-likeness (QED) is 0.763. The lowest BCUT2D eigenvalue weighted by molar-refractivity contribution is 0.596. The average Bonchev–Trinajstić information content (AvgIpc) is 2.23. The van der Waals surface area contributed by atoms with E-state index in [0.29, 0.717) is 0 Å². The lowest BCUT2D eigenvalue weighted by atomic mass is 10.5. The van der Waals surface area contributed by atoms with E-state index in [1.165, 1.54) is 0 Å². The van der Waals surface area contributed by atoms with Gasteiger partial charge in [0.25, 0.3) is 0 Å². The smallest absolute Gasteiger partial charge is 0.222 e. The van der Waals surface area contributed by atoms with Gasteiger partial charge in [0.05, 0.1) is 11.9 Å². The number of nitrogen functional groups attached to an aromatic ring is 1. The average molecular weight is 248 g/mol. The van der Waals surface area contributed by atoms with Gasteiger partial charge in [0, 0.05) is 12.3 Å². The number of hydrogen-bond donors (Lipinski definition) is 2. The molecule has 0 saturated carbocycles. The minimum Gasteiger partial charge on any atom is -0.368 e. The summed E-state index contributed by atoms with van der Waals surface area (Å²) in [7, 11) is -3.07. The normalized spacial score (nSPS) is 11.4. The molecule has 0 amide bonds. The Morgan fingerprint density at radius 1 is 1.56 bits per heavy atom. The van der Waals surface area contributed by atoms with E-state index in [1.54, 1.807) is 6.92 Å². The first-order valence-corrected chi connectivity index (χ1v) is 6.49. The molecule has 1 heterocycles. The van der Waals surface area contributed by atoms with Gasteiger partial charge < -0.3 is 11.1 Å². The summed E-state index contributed by atoms with van der Waals surface area (Å²) in [6.45, 7) is 1.64. The summed E-state index contributed by atoms with van der Waals surface area (Å²) in [5.41, 5.74) is 5.26. The fraction of sp³-hybridized carbons (Fsp3) is 0.500. The van der Waals surface area contributed by atoms with Crippen LogP contribution in [0.2, 0.25) is 0 Å². The summed E-state index contributed by atoms with van der Waals surface area (Å²) >= 11 is 0. The Kier molecular flexibility index (Phi) is 3.99. The van der Waals surface area contributed by atoms with Crippen LogP contribution >= 0.6 is 0 Å². The van der Waals surface area contributed by atoms with Gasteiger partial charge in [-0.25, -0.2) is 17.8 Å². The molecule has 0 fully saturated rings. The molecular weight excluding hydrogens is 235 g/mol. The Balaban J connectivity index is 2.59. The van der Waals surface area contributed by atoms with Crippen LogP contribution in [-0.4, -0.2) is 36.4 Å². The molecule has 0 saturated heterocycles. The number of aromatic nitrogens is 2. The van der Waals surface area contributed by atoms with Crippen LogP contribution in [0.4, 0.5) is 16.2 Å². The molecule has 0 aliphatic heterocycles. The van der Waals surface area contributed by atoms with Crippen LogP contribution in [0.3, 0.4) is 0 Å². The topological polar surface area (TPSA) is 98.0 Å². The summed E-state index contributed by atoms with van der Waals surface area (Å²) in [6.07, 6.45) is 0.930. The van der Waals surface area contributed by atoms with Gasteiger partial charge in [-0.15, -0.1) is 0 Å². The zero-order chi connectivity index (χ0) is 12.2. The van der Waals surface area contributed by atoms with Crippen LogP contribution in [0.5, 0.6) is 0 Å². The zero-order valence-electron chi connectivity index (χ0n) is 8.77. The highest BCUT2D eigenvalue weighted by atomic mass is 32.2. The van der Waals surface area contributed by atoms with E-state index in [-0.39, 0.29) is 29.8 Å². The highest BCUT2D eigenvalue weighted by molar-refractivity contribution is 7.91. The molecule has 0 unspecified atom stereocenters. The number of anilines is 2. The van der Waals surface area contributed by atoms with Crippen molar-refractivity contribution in [3.63, 3.8) is 0 Å². The highest BCUT2D eigenvalue weighted by Gasteiger charge is 2.09. The highest BCUT2D eigenvalue weighted by Crippen LogP contribution is 2.09. The van der Waals surface area contributed by atoms with Crippen LogP contribution in [0.1, 0.15) is 6.92 Å². The maximum atomic E-state index is 13.1. The van der Waals surface area contributed by atoms with Crippen molar-refractivity contribution in [3.05, 3.63) is 12.0 Å². The molecule has 1 aromatic heterocycles. The molecule has 0 radical (unpaired) electrons. The van der Waals surface area contributed by atoms with Crippen molar-refractivity contribution in [1.29, 1.82) is 0 Å². The van der Waals surface area contributed by atoms with E-state index in [4.69, 9.17) is 5.73 Å². The van der Waals surface area contributed by atoms with Gasteiger partial charge in [0.2, 0.25) is 5.95 Å². The standard InChI is InChI=1S/C8H13FN4O2S/c1-2-16(14,15)4-3-11-7-6(9)5-12-8(10)13-7/h5H,2-4H2,1H3,(H3,10,11,12,13). The number of sulfone groups is 1. The Labute approximate surface area is 93.0 Å². The molecule has 6 nitrogen and oxygen atoms in total. The fourth-order valence-corrected chi connectivity index (χ4v) is 1.68. The molecule has 3 N–H and O–H groups in total. The minimum atomic E-state index is -3.07. The van der Waals surface area contributed by atoms with Gasteiger partial charge in [0.1, 0.15) is 0 Å². The first-order chi connectivity index (χ1) is 7.44. The molecule has 1 rings (SSSR count). The number of rotatable bonds is 5. The van der Waals surface area contributed by atoms with Crippen molar-refractivity contribution in [2.75, 3.05) is 29.1 Å². The molecule has 0 aliphatic rings. The van der Waals surface area contributed by atoms with Gasteiger partial charge >= 0.3 is 0 Å². The summed E-state index contributed by atoms with van der Waals surface area (Å²) < 4.78 is 35.4. The van der Waals surface area contributed by atoms with Crippen molar-refractivity contribution >= 4 is 21.6 Å². The maximum Gasteiger partial charge on any atom is 0.222 e. The molecule has 8 heteroatoms. The molecule has 0 atom stereocenters. The summed E-state index contributed by atoms with van der Waals surface area (Å²) in [5, 5.41) is 2.56. The Morgan fingerprint density at radius 2 is 2.25 bits per heavy atom. The second-order valence-electron chi connectivity index (χ2n) is 3.09. The predicted octanol–water partition coefficient (Wildman–Crippen LogP) is 0.0445. The predicted molar refractivity (Wildman–Crippen MR) is 59.2 cm³/mol. The Bertz CT molecular complexity index is 463. The second-order valence-corrected chi connectivity index (χ2v) is 5.56. The number of hydrogen-bond acceptors (Lipinski definition) is 6. The van der Waals surface area contributed by atoms with Crippen molar-refractivity contribution in [1.82, 2.24) is 9.97 Å².